The molecule has 0 spiro atoms. The van der Waals surface area contributed by atoms with E-state index in [1.54, 1.807) is 6.92 Å². The molecule has 0 aromatic carbocycles. The zero-order valence-electron chi connectivity index (χ0n) is 13.8. The van der Waals surface area contributed by atoms with Crippen LogP contribution in [0.15, 0.2) is 0 Å². The molecule has 5 nitrogen and oxygen atoms in total. The van der Waals surface area contributed by atoms with Gasteiger partial charge < -0.3 is 9.47 Å². The Morgan fingerprint density at radius 3 is 2.10 bits per heavy atom. The number of rotatable bonds is 7. The van der Waals surface area contributed by atoms with Gasteiger partial charge in [-0.3, -0.25) is 14.5 Å². The van der Waals surface area contributed by atoms with Gasteiger partial charge in [-0.2, -0.15) is 0 Å². The van der Waals surface area contributed by atoms with Crippen LogP contribution in [0, 0.1) is 0 Å². The Morgan fingerprint density at radius 1 is 1.05 bits per heavy atom. The number of hydrogen-bond donors (Lipinski definition) is 0. The van der Waals surface area contributed by atoms with Gasteiger partial charge in [0.05, 0.1) is 19.8 Å². The largest absolute Gasteiger partial charge is 0.465 e. The van der Waals surface area contributed by atoms with E-state index in [1.807, 2.05) is 25.7 Å². The fourth-order valence-corrected chi connectivity index (χ4v) is 3.18. The average Bonchev–Trinajstić information content (AvgIpc) is 2.45. The molecule has 0 aliphatic heterocycles. The molecule has 0 saturated heterocycles. The van der Waals surface area contributed by atoms with E-state index in [2.05, 4.69) is 0 Å². The third-order valence-corrected chi connectivity index (χ3v) is 4.11. The first-order valence-electron chi connectivity index (χ1n) is 8.07. The maximum absolute atomic E-state index is 12.6. The van der Waals surface area contributed by atoms with Crippen molar-refractivity contribution in [1.82, 2.24) is 4.90 Å². The van der Waals surface area contributed by atoms with Gasteiger partial charge in [0.2, 0.25) is 0 Å². The Morgan fingerprint density at radius 2 is 1.62 bits per heavy atom. The molecule has 0 aromatic heterocycles. The van der Waals surface area contributed by atoms with Gasteiger partial charge >= 0.3 is 11.9 Å². The van der Waals surface area contributed by atoms with Crippen LogP contribution in [-0.2, 0) is 19.1 Å². The van der Waals surface area contributed by atoms with Crippen molar-refractivity contribution in [2.24, 2.45) is 0 Å². The molecule has 0 aromatic rings. The van der Waals surface area contributed by atoms with Crippen LogP contribution in [0.25, 0.3) is 0 Å². The number of esters is 2. The Bertz CT molecular complexity index is 348. The highest BCUT2D eigenvalue weighted by molar-refractivity contribution is 5.82. The second-order valence-electron chi connectivity index (χ2n) is 5.84. The number of carbonyl (C=O) groups excluding carboxylic acids is 2. The zero-order chi connectivity index (χ0) is 15.9. The van der Waals surface area contributed by atoms with E-state index in [1.165, 1.54) is 0 Å². The van der Waals surface area contributed by atoms with Crippen LogP contribution < -0.4 is 0 Å². The van der Waals surface area contributed by atoms with E-state index in [9.17, 15) is 9.59 Å². The molecule has 5 heteroatoms. The third-order valence-electron chi connectivity index (χ3n) is 4.11. The summed E-state index contributed by atoms with van der Waals surface area (Å²) < 4.78 is 10.4. The minimum absolute atomic E-state index is 0.0805. The summed E-state index contributed by atoms with van der Waals surface area (Å²) in [5.41, 5.74) is -0.671. The summed E-state index contributed by atoms with van der Waals surface area (Å²) in [6, 6.07) is 0.0805. The Hall–Kier alpha value is -1.10. The van der Waals surface area contributed by atoms with Crippen LogP contribution in [0.1, 0.15) is 59.8 Å². The fraction of sp³-hybridized carbons (Fsp3) is 0.875. The normalized spacial score (nSPS) is 17.8. The van der Waals surface area contributed by atoms with Crippen LogP contribution >= 0.6 is 0 Å². The lowest BCUT2D eigenvalue weighted by molar-refractivity contribution is -0.166. The van der Waals surface area contributed by atoms with Crippen molar-refractivity contribution < 1.29 is 19.1 Å². The van der Waals surface area contributed by atoms with E-state index >= 15 is 0 Å². The number of carbonyl (C=O) groups is 2. The lowest BCUT2D eigenvalue weighted by Gasteiger charge is -2.45. The highest BCUT2D eigenvalue weighted by atomic mass is 16.5. The average molecular weight is 299 g/mol. The summed E-state index contributed by atoms with van der Waals surface area (Å²) >= 11 is 0. The second kappa shape index (κ2) is 8.37. The first-order valence-corrected chi connectivity index (χ1v) is 8.07. The third kappa shape index (κ3) is 4.43. The molecule has 1 saturated carbocycles. The highest BCUT2D eigenvalue weighted by Gasteiger charge is 2.47. The summed E-state index contributed by atoms with van der Waals surface area (Å²) in [5.74, 6) is -0.469. The molecule has 0 N–H and O–H groups in total. The molecular formula is C16H29NO4. The number of hydrogen-bond acceptors (Lipinski definition) is 5. The molecule has 0 heterocycles. The van der Waals surface area contributed by atoms with Gasteiger partial charge in [0.1, 0.15) is 5.54 Å². The number of ether oxygens (including phenoxy) is 2. The molecule has 21 heavy (non-hydrogen) atoms. The maximum Gasteiger partial charge on any atom is 0.326 e. The van der Waals surface area contributed by atoms with Crippen molar-refractivity contribution in [2.75, 3.05) is 19.8 Å². The molecule has 0 bridgehead atoms. The van der Waals surface area contributed by atoms with Crippen molar-refractivity contribution in [3.8, 4) is 0 Å². The molecule has 0 atom stereocenters. The molecule has 122 valence electrons. The molecule has 1 fully saturated rings. The van der Waals surface area contributed by atoms with E-state index in [-0.39, 0.29) is 24.5 Å². The van der Waals surface area contributed by atoms with Gasteiger partial charge in [-0.1, -0.05) is 19.3 Å². The van der Waals surface area contributed by atoms with Crippen LogP contribution in [0.3, 0.4) is 0 Å². The minimum Gasteiger partial charge on any atom is -0.465 e. The predicted molar refractivity (Wildman–Crippen MR) is 80.9 cm³/mol. The highest BCUT2D eigenvalue weighted by Crippen LogP contribution is 2.36. The van der Waals surface area contributed by atoms with Gasteiger partial charge in [0.25, 0.3) is 0 Å². The Balaban J connectivity index is 3.00. The SMILES string of the molecule is CCOC(=O)CN(C(C)C)C1(C(=O)OCC)CCCCC1. The molecule has 0 radical (unpaired) electrons. The van der Waals surface area contributed by atoms with Crippen molar-refractivity contribution >= 4 is 11.9 Å². The van der Waals surface area contributed by atoms with E-state index in [4.69, 9.17) is 9.47 Å². The molecule has 1 aliphatic rings. The zero-order valence-corrected chi connectivity index (χ0v) is 13.8. The molecule has 0 amide bonds. The van der Waals surface area contributed by atoms with E-state index in [0.717, 1.165) is 32.1 Å². The molecule has 0 unspecified atom stereocenters. The van der Waals surface area contributed by atoms with Gasteiger partial charge in [-0.05, 0) is 40.5 Å². The van der Waals surface area contributed by atoms with Crippen LogP contribution in [-0.4, -0.2) is 48.2 Å². The first-order chi connectivity index (χ1) is 9.97. The predicted octanol–water partition coefficient (Wildman–Crippen LogP) is 2.53. The molecular weight excluding hydrogens is 270 g/mol. The minimum atomic E-state index is -0.671. The van der Waals surface area contributed by atoms with Crippen molar-refractivity contribution in [3.63, 3.8) is 0 Å². The summed E-state index contributed by atoms with van der Waals surface area (Å²) in [5, 5.41) is 0. The first kappa shape index (κ1) is 18.0. The second-order valence-corrected chi connectivity index (χ2v) is 5.84. The lowest BCUT2D eigenvalue weighted by Crippen LogP contribution is -2.60. The smallest absolute Gasteiger partial charge is 0.326 e. The fourth-order valence-electron chi connectivity index (χ4n) is 3.18. The monoisotopic (exact) mass is 299 g/mol. The molecule has 1 rings (SSSR count). The quantitative estimate of drug-likeness (QED) is 0.676. The van der Waals surface area contributed by atoms with Crippen molar-refractivity contribution in [1.29, 1.82) is 0 Å². The summed E-state index contributed by atoms with van der Waals surface area (Å²) in [6.07, 6.45) is 4.62. The van der Waals surface area contributed by atoms with Gasteiger partial charge in [0, 0.05) is 6.04 Å². The topological polar surface area (TPSA) is 55.8 Å². The van der Waals surface area contributed by atoms with Crippen LogP contribution in [0.4, 0.5) is 0 Å². The van der Waals surface area contributed by atoms with Gasteiger partial charge in [0.15, 0.2) is 0 Å². The standard InChI is InChI=1S/C16H29NO4/c1-5-20-14(18)12-17(13(3)4)16(15(19)21-6-2)10-8-7-9-11-16/h13H,5-12H2,1-4H3. The molecule has 1 aliphatic carbocycles. The van der Waals surface area contributed by atoms with Crippen molar-refractivity contribution in [3.05, 3.63) is 0 Å². The van der Waals surface area contributed by atoms with E-state index in [0.29, 0.717) is 13.2 Å². The maximum atomic E-state index is 12.6. The van der Waals surface area contributed by atoms with Crippen molar-refractivity contribution in [2.45, 2.75) is 71.4 Å². The van der Waals surface area contributed by atoms with Gasteiger partial charge in [-0.15, -0.1) is 0 Å². The summed E-state index contributed by atoms with van der Waals surface area (Å²) in [4.78, 5) is 26.5. The van der Waals surface area contributed by atoms with Crippen LogP contribution in [0.2, 0.25) is 0 Å². The Kier molecular flexibility index (Phi) is 7.15. The lowest BCUT2D eigenvalue weighted by atomic mass is 9.79. The number of nitrogens with zero attached hydrogens (tertiary/aromatic N) is 1. The van der Waals surface area contributed by atoms with Gasteiger partial charge in [-0.25, -0.2) is 0 Å². The summed E-state index contributed by atoms with van der Waals surface area (Å²) in [6.45, 7) is 8.50. The summed E-state index contributed by atoms with van der Waals surface area (Å²) in [7, 11) is 0. The van der Waals surface area contributed by atoms with Crippen LogP contribution in [0.5, 0.6) is 0 Å². The van der Waals surface area contributed by atoms with E-state index < -0.39 is 5.54 Å². The Labute approximate surface area is 128 Å².